The molecule has 0 spiro atoms. The maximum absolute atomic E-state index is 13.2. The van der Waals surface area contributed by atoms with Gasteiger partial charge in [-0.25, -0.2) is 18.4 Å². The van der Waals surface area contributed by atoms with E-state index in [1.165, 1.54) is 30.4 Å². The number of rotatable bonds is 11. The van der Waals surface area contributed by atoms with E-state index in [1.54, 1.807) is 38.1 Å². The second-order valence-corrected chi connectivity index (χ2v) is 16.9. The van der Waals surface area contributed by atoms with Gasteiger partial charge in [0.05, 0.1) is 33.9 Å². The molecule has 0 bridgehead atoms. The Labute approximate surface area is 296 Å². The third-order valence-electron chi connectivity index (χ3n) is 9.96. The highest BCUT2D eigenvalue weighted by Crippen LogP contribution is 2.37. The molecule has 1 amide bonds. The van der Waals surface area contributed by atoms with Crippen molar-refractivity contribution in [1.82, 2.24) is 30.0 Å². The van der Waals surface area contributed by atoms with Crippen molar-refractivity contribution in [2.24, 2.45) is 0 Å². The van der Waals surface area contributed by atoms with Crippen LogP contribution in [0.15, 0.2) is 41.3 Å². The fourth-order valence-corrected chi connectivity index (χ4v) is 8.41. The van der Waals surface area contributed by atoms with E-state index < -0.39 is 15.1 Å². The van der Waals surface area contributed by atoms with Gasteiger partial charge in [0, 0.05) is 30.8 Å². The second-order valence-electron chi connectivity index (χ2n) is 14.4. The van der Waals surface area contributed by atoms with Gasteiger partial charge < -0.3 is 15.0 Å². The number of nitrogens with one attached hydrogen (secondary N) is 2. The van der Waals surface area contributed by atoms with Gasteiger partial charge in [-0.1, -0.05) is 24.6 Å². The predicted molar refractivity (Wildman–Crippen MR) is 197 cm³/mol. The molecule has 2 saturated heterocycles. The molecular weight excluding hydrogens is 651 g/mol. The van der Waals surface area contributed by atoms with Gasteiger partial charge in [0.25, 0.3) is 0 Å². The summed E-state index contributed by atoms with van der Waals surface area (Å²) in [5.74, 6) is 2.43. The van der Waals surface area contributed by atoms with Crippen LogP contribution in [0.3, 0.4) is 0 Å². The second kappa shape index (κ2) is 15.1. The van der Waals surface area contributed by atoms with Crippen LogP contribution < -0.4 is 10.1 Å². The molecular formula is C38H51N7O4S. The molecule has 2 aliphatic rings. The quantitative estimate of drug-likeness (QED) is 0.181. The summed E-state index contributed by atoms with van der Waals surface area (Å²) in [6.07, 6.45) is 5.85. The number of hydrogen-bond acceptors (Lipinski definition) is 9. The Hall–Kier alpha value is -4.03. The van der Waals surface area contributed by atoms with E-state index in [-0.39, 0.29) is 16.9 Å². The van der Waals surface area contributed by atoms with E-state index in [0.29, 0.717) is 47.2 Å². The lowest BCUT2D eigenvalue weighted by Gasteiger charge is -2.35. The summed E-state index contributed by atoms with van der Waals surface area (Å²) in [7, 11) is -3.55. The SMILES string of the molecule is Cc1cc(Cc2nc(Nc3ccccc3S(=O)(=O)C(C)C)c3c(C)[nH]nc3n2)c(OC(C)C)cc1C1CCN(C(=O)CN2CCCCC2)CC1. The molecule has 2 N–H and O–H groups in total. The van der Waals surface area contributed by atoms with Crippen molar-refractivity contribution in [3.63, 3.8) is 0 Å². The van der Waals surface area contributed by atoms with Gasteiger partial charge in [-0.15, -0.1) is 0 Å². The number of aryl methyl sites for hydroxylation is 2. The number of benzene rings is 2. The van der Waals surface area contributed by atoms with Crippen LogP contribution in [0.4, 0.5) is 11.5 Å². The van der Waals surface area contributed by atoms with Crippen molar-refractivity contribution in [1.29, 1.82) is 0 Å². The molecule has 4 aromatic rings. The van der Waals surface area contributed by atoms with Gasteiger partial charge in [-0.05, 0) is 116 Å². The Morgan fingerprint density at radius 1 is 1.00 bits per heavy atom. The molecule has 4 heterocycles. The fourth-order valence-electron chi connectivity index (χ4n) is 7.21. The molecule has 268 valence electrons. The summed E-state index contributed by atoms with van der Waals surface area (Å²) in [5.41, 5.74) is 5.14. The van der Waals surface area contributed by atoms with Crippen molar-refractivity contribution < 1.29 is 17.9 Å². The predicted octanol–water partition coefficient (Wildman–Crippen LogP) is 6.47. The molecule has 2 aromatic heterocycles. The molecule has 11 nitrogen and oxygen atoms in total. The van der Waals surface area contributed by atoms with Crippen LogP contribution in [0, 0.1) is 13.8 Å². The molecule has 2 aromatic carbocycles. The zero-order chi connectivity index (χ0) is 35.6. The first kappa shape index (κ1) is 35.8. The molecule has 2 aliphatic heterocycles. The van der Waals surface area contributed by atoms with E-state index in [4.69, 9.17) is 14.7 Å². The monoisotopic (exact) mass is 701 g/mol. The van der Waals surface area contributed by atoms with Crippen LogP contribution in [0.2, 0.25) is 0 Å². The number of carbonyl (C=O) groups excluding carboxylic acids is 1. The summed E-state index contributed by atoms with van der Waals surface area (Å²) < 4.78 is 32.9. The Bertz CT molecular complexity index is 1940. The number of ether oxygens (including phenoxy) is 1. The number of aromatic nitrogens is 4. The molecule has 6 rings (SSSR count). The summed E-state index contributed by atoms with van der Waals surface area (Å²) in [4.78, 5) is 27.4. The lowest BCUT2D eigenvalue weighted by molar-refractivity contribution is -0.133. The zero-order valence-corrected chi connectivity index (χ0v) is 31.1. The third kappa shape index (κ3) is 7.81. The number of carbonyl (C=O) groups is 1. The number of para-hydroxylation sites is 1. The average molecular weight is 702 g/mol. The lowest BCUT2D eigenvalue weighted by atomic mass is 9.85. The Balaban J connectivity index is 1.25. The van der Waals surface area contributed by atoms with Crippen molar-refractivity contribution >= 4 is 38.3 Å². The summed E-state index contributed by atoms with van der Waals surface area (Å²) in [5, 5.41) is 10.9. The number of piperidine rings is 2. The normalized spacial score (nSPS) is 16.4. The van der Waals surface area contributed by atoms with Crippen LogP contribution in [0.1, 0.15) is 93.9 Å². The van der Waals surface area contributed by atoms with Crippen molar-refractivity contribution in [2.75, 3.05) is 38.0 Å². The number of nitrogens with zero attached hydrogens (tertiary/aromatic N) is 5. The standard InChI is InChI=1S/C38H51N7O4S/c1-24(2)49-32-22-30(28-14-18-45(19-15-28)35(46)23-44-16-10-7-11-17-44)26(5)20-29(32)21-34-40-37(36-27(6)42-43-38(36)41-34)39-31-12-8-9-13-33(31)50(47,48)25(3)4/h8-9,12-13,20,22,24-25,28H,7,10-11,14-19,21,23H2,1-6H3,(H2,39,40,41,42,43). The highest BCUT2D eigenvalue weighted by molar-refractivity contribution is 7.92. The van der Waals surface area contributed by atoms with Crippen molar-refractivity contribution in [3.05, 3.63) is 64.6 Å². The maximum Gasteiger partial charge on any atom is 0.236 e. The molecule has 12 heteroatoms. The maximum atomic E-state index is 13.2. The lowest BCUT2D eigenvalue weighted by Crippen LogP contribution is -2.45. The number of sulfone groups is 1. The number of anilines is 2. The smallest absolute Gasteiger partial charge is 0.236 e. The van der Waals surface area contributed by atoms with Gasteiger partial charge in [0.15, 0.2) is 15.5 Å². The van der Waals surface area contributed by atoms with E-state index in [2.05, 4.69) is 39.5 Å². The van der Waals surface area contributed by atoms with Gasteiger partial charge >= 0.3 is 0 Å². The first-order valence-electron chi connectivity index (χ1n) is 18.0. The Morgan fingerprint density at radius 3 is 2.42 bits per heavy atom. The van der Waals surface area contributed by atoms with Gasteiger partial charge in [-0.3, -0.25) is 14.8 Å². The summed E-state index contributed by atoms with van der Waals surface area (Å²) >= 11 is 0. The van der Waals surface area contributed by atoms with Crippen LogP contribution in [-0.2, 0) is 21.1 Å². The Morgan fingerprint density at radius 2 is 1.72 bits per heavy atom. The zero-order valence-electron chi connectivity index (χ0n) is 30.3. The number of H-pyrrole nitrogens is 1. The molecule has 0 saturated carbocycles. The van der Waals surface area contributed by atoms with Crippen LogP contribution >= 0.6 is 0 Å². The first-order valence-corrected chi connectivity index (χ1v) is 19.6. The molecule has 2 fully saturated rings. The van der Waals surface area contributed by atoms with Crippen molar-refractivity contribution in [3.8, 4) is 5.75 Å². The minimum atomic E-state index is -3.55. The number of likely N-dealkylation sites (tertiary alicyclic amines) is 2. The van der Waals surface area contributed by atoms with Gasteiger partial charge in [0.1, 0.15) is 17.4 Å². The molecule has 0 radical (unpaired) electrons. The van der Waals surface area contributed by atoms with E-state index in [9.17, 15) is 13.2 Å². The van der Waals surface area contributed by atoms with E-state index in [1.807, 2.05) is 25.7 Å². The molecule has 0 aliphatic carbocycles. The number of amides is 1. The van der Waals surface area contributed by atoms with Gasteiger partial charge in [-0.2, -0.15) is 5.10 Å². The van der Waals surface area contributed by atoms with E-state index in [0.717, 1.165) is 56.0 Å². The molecule has 50 heavy (non-hydrogen) atoms. The highest BCUT2D eigenvalue weighted by atomic mass is 32.2. The number of hydrogen-bond donors (Lipinski definition) is 2. The summed E-state index contributed by atoms with van der Waals surface area (Å²) in [6.45, 7) is 15.6. The van der Waals surface area contributed by atoms with Crippen molar-refractivity contribution in [2.45, 2.75) is 102 Å². The first-order chi connectivity index (χ1) is 23.9. The summed E-state index contributed by atoms with van der Waals surface area (Å²) in [6, 6.07) is 11.3. The van der Waals surface area contributed by atoms with Crippen LogP contribution in [0.25, 0.3) is 11.0 Å². The average Bonchev–Trinajstić information content (AvgIpc) is 3.46. The fraction of sp³-hybridized carbons (Fsp3) is 0.526. The third-order valence-corrected chi connectivity index (χ3v) is 12.2. The number of aromatic amines is 1. The Kier molecular flexibility index (Phi) is 10.8. The highest BCUT2D eigenvalue weighted by Gasteiger charge is 2.28. The topological polar surface area (TPSA) is 133 Å². The van der Waals surface area contributed by atoms with E-state index >= 15 is 0 Å². The number of fused-ring (bicyclic) bond motifs is 1. The largest absolute Gasteiger partial charge is 0.491 e. The van der Waals surface area contributed by atoms with Crippen LogP contribution in [0.5, 0.6) is 5.75 Å². The van der Waals surface area contributed by atoms with Crippen LogP contribution in [-0.4, -0.2) is 88.4 Å². The molecule has 0 unspecified atom stereocenters. The van der Waals surface area contributed by atoms with Gasteiger partial charge in [0.2, 0.25) is 5.91 Å². The minimum absolute atomic E-state index is 0.0346. The minimum Gasteiger partial charge on any atom is -0.491 e. The molecule has 0 atom stereocenters.